The van der Waals surface area contributed by atoms with E-state index in [1.165, 1.54) is 5.56 Å². The van der Waals surface area contributed by atoms with Gasteiger partial charge in [-0.2, -0.15) is 5.10 Å². The van der Waals surface area contributed by atoms with Gasteiger partial charge < -0.3 is 5.11 Å². The monoisotopic (exact) mass is 285 g/mol. The number of rotatable bonds is 3. The fourth-order valence-electron chi connectivity index (χ4n) is 2.90. The van der Waals surface area contributed by atoms with Crippen LogP contribution >= 0.6 is 0 Å². The lowest BCUT2D eigenvalue weighted by Gasteiger charge is -2.29. The number of nitrogens with zero attached hydrogens (tertiary/aromatic N) is 2. The first kappa shape index (κ1) is 13.8. The maximum absolute atomic E-state index is 11.3. The van der Waals surface area contributed by atoms with Gasteiger partial charge >= 0.3 is 5.97 Å². The number of aryl methyl sites for hydroxylation is 1. The average molecular weight is 285 g/mol. The zero-order chi connectivity index (χ0) is 15.0. The van der Waals surface area contributed by atoms with Gasteiger partial charge in [0, 0.05) is 25.3 Å². The van der Waals surface area contributed by atoms with Gasteiger partial charge in [-0.05, 0) is 43.0 Å². The fraction of sp³-hybridized carbons (Fsp3) is 0.375. The van der Waals surface area contributed by atoms with Gasteiger partial charge in [-0.3, -0.25) is 10.00 Å². The molecule has 2 heterocycles. The van der Waals surface area contributed by atoms with Crippen LogP contribution in [0.5, 0.6) is 0 Å². The second-order valence-corrected chi connectivity index (χ2v) is 5.63. The van der Waals surface area contributed by atoms with Gasteiger partial charge in [0.15, 0.2) is 0 Å². The normalized spacial score (nSPS) is 15.0. The molecule has 1 aliphatic rings. The number of aromatic carboxylic acids is 1. The second-order valence-electron chi connectivity index (χ2n) is 5.63. The molecule has 0 atom stereocenters. The number of nitrogens with one attached hydrogen (secondary N) is 1. The molecule has 5 heteroatoms. The Hall–Kier alpha value is -2.14. The molecule has 0 radical (unpaired) electrons. The number of aromatic amines is 1. The summed E-state index contributed by atoms with van der Waals surface area (Å²) >= 11 is 0. The van der Waals surface area contributed by atoms with Crippen LogP contribution in [0.25, 0.3) is 0 Å². The van der Waals surface area contributed by atoms with E-state index in [9.17, 15) is 9.90 Å². The Morgan fingerprint density at radius 2 is 2.24 bits per heavy atom. The number of benzene rings is 1. The molecular formula is C16H19N3O2. The molecule has 1 aliphatic heterocycles. The molecule has 5 nitrogen and oxygen atoms in total. The highest BCUT2D eigenvalue weighted by Gasteiger charge is 2.22. The molecule has 2 aromatic rings. The number of fused-ring (bicyclic) bond motifs is 1. The lowest BCUT2D eigenvalue weighted by atomic mass is 9.94. The molecule has 0 bridgehead atoms. The van der Waals surface area contributed by atoms with Crippen molar-refractivity contribution in [2.75, 3.05) is 6.54 Å². The first-order chi connectivity index (χ1) is 10.1. The van der Waals surface area contributed by atoms with Gasteiger partial charge in [0.05, 0.1) is 11.3 Å². The van der Waals surface area contributed by atoms with Crippen molar-refractivity contribution < 1.29 is 9.90 Å². The Bertz CT molecular complexity index is 691. The predicted octanol–water partition coefficient (Wildman–Crippen LogP) is 2.28. The van der Waals surface area contributed by atoms with Crippen LogP contribution in [0.3, 0.4) is 0 Å². The van der Waals surface area contributed by atoms with Gasteiger partial charge in [-0.25, -0.2) is 4.79 Å². The summed E-state index contributed by atoms with van der Waals surface area (Å²) in [7, 11) is 0. The summed E-state index contributed by atoms with van der Waals surface area (Å²) in [6.07, 6.45) is 0.778. The van der Waals surface area contributed by atoms with E-state index in [-0.39, 0.29) is 0 Å². The third-order valence-electron chi connectivity index (χ3n) is 4.30. The Morgan fingerprint density at radius 1 is 1.43 bits per heavy atom. The van der Waals surface area contributed by atoms with Crippen LogP contribution in [0.1, 0.15) is 38.4 Å². The number of carbonyl (C=O) groups is 1. The molecule has 3 rings (SSSR count). The van der Waals surface area contributed by atoms with Crippen LogP contribution in [-0.4, -0.2) is 32.7 Å². The van der Waals surface area contributed by atoms with E-state index >= 15 is 0 Å². The van der Waals surface area contributed by atoms with Crippen molar-refractivity contribution in [3.8, 4) is 0 Å². The van der Waals surface area contributed by atoms with Crippen LogP contribution < -0.4 is 0 Å². The minimum atomic E-state index is -0.834. The number of aromatic nitrogens is 2. The lowest BCUT2D eigenvalue weighted by molar-refractivity contribution is 0.0694. The molecule has 0 spiro atoms. The first-order valence-corrected chi connectivity index (χ1v) is 7.13. The highest BCUT2D eigenvalue weighted by atomic mass is 16.4. The van der Waals surface area contributed by atoms with Crippen LogP contribution in [0.2, 0.25) is 0 Å². The quantitative estimate of drug-likeness (QED) is 0.907. The molecule has 0 unspecified atom stereocenters. The number of carboxylic acids is 1. The summed E-state index contributed by atoms with van der Waals surface area (Å²) < 4.78 is 0. The zero-order valence-corrected chi connectivity index (χ0v) is 12.3. The Labute approximate surface area is 123 Å². The summed E-state index contributed by atoms with van der Waals surface area (Å²) in [5, 5.41) is 16.6. The van der Waals surface area contributed by atoms with Crippen LogP contribution in [0.4, 0.5) is 0 Å². The van der Waals surface area contributed by atoms with Crippen LogP contribution in [-0.2, 0) is 19.5 Å². The van der Waals surface area contributed by atoms with Crippen molar-refractivity contribution in [1.82, 2.24) is 15.1 Å². The Kier molecular flexibility index (Phi) is 3.51. The maximum Gasteiger partial charge on any atom is 0.335 e. The van der Waals surface area contributed by atoms with E-state index in [0.717, 1.165) is 48.6 Å². The molecule has 0 aliphatic carbocycles. The standard InChI is InChI=1S/C16H19N3O2/c1-10-11(2)17-18-15(10)9-19-7-6-13-12(8-19)4-3-5-14(13)16(20)21/h3-5H,6-9H2,1-2H3,(H,17,18)(H,20,21). The van der Waals surface area contributed by atoms with Crippen molar-refractivity contribution in [3.63, 3.8) is 0 Å². The minimum Gasteiger partial charge on any atom is -0.478 e. The van der Waals surface area contributed by atoms with Gasteiger partial charge in [-0.1, -0.05) is 12.1 Å². The molecule has 0 amide bonds. The Morgan fingerprint density at radius 3 is 2.90 bits per heavy atom. The molecule has 110 valence electrons. The van der Waals surface area contributed by atoms with Gasteiger partial charge in [0.25, 0.3) is 0 Å². The van der Waals surface area contributed by atoms with Crippen molar-refractivity contribution >= 4 is 5.97 Å². The van der Waals surface area contributed by atoms with E-state index in [4.69, 9.17) is 0 Å². The molecule has 0 saturated carbocycles. The molecule has 1 aromatic heterocycles. The number of carboxylic acid groups (broad SMARTS) is 1. The zero-order valence-electron chi connectivity index (χ0n) is 12.3. The second kappa shape index (κ2) is 5.33. The molecule has 0 saturated heterocycles. The smallest absolute Gasteiger partial charge is 0.335 e. The van der Waals surface area contributed by atoms with E-state index in [1.807, 2.05) is 19.1 Å². The van der Waals surface area contributed by atoms with E-state index < -0.39 is 5.97 Å². The highest BCUT2D eigenvalue weighted by Crippen LogP contribution is 2.24. The van der Waals surface area contributed by atoms with Crippen LogP contribution in [0.15, 0.2) is 18.2 Å². The summed E-state index contributed by atoms with van der Waals surface area (Å²) in [5.41, 5.74) is 5.93. The molecule has 21 heavy (non-hydrogen) atoms. The number of H-pyrrole nitrogens is 1. The van der Waals surface area contributed by atoms with Crippen molar-refractivity contribution in [2.45, 2.75) is 33.4 Å². The highest BCUT2D eigenvalue weighted by molar-refractivity contribution is 5.89. The van der Waals surface area contributed by atoms with Gasteiger partial charge in [-0.15, -0.1) is 0 Å². The molecular weight excluding hydrogens is 266 g/mol. The van der Waals surface area contributed by atoms with Crippen molar-refractivity contribution in [1.29, 1.82) is 0 Å². The van der Waals surface area contributed by atoms with E-state index in [1.54, 1.807) is 6.07 Å². The number of hydrogen-bond donors (Lipinski definition) is 2. The summed E-state index contributed by atoms with van der Waals surface area (Å²) in [4.78, 5) is 13.6. The third kappa shape index (κ3) is 2.56. The average Bonchev–Trinajstić information content (AvgIpc) is 2.78. The number of hydrogen-bond acceptors (Lipinski definition) is 3. The summed E-state index contributed by atoms with van der Waals surface area (Å²) in [6.45, 7) is 6.54. The molecule has 2 N–H and O–H groups in total. The summed E-state index contributed by atoms with van der Waals surface area (Å²) in [6, 6.07) is 5.55. The molecule has 0 fully saturated rings. The van der Waals surface area contributed by atoms with Gasteiger partial charge in [0.2, 0.25) is 0 Å². The van der Waals surface area contributed by atoms with Crippen molar-refractivity contribution in [3.05, 3.63) is 51.8 Å². The maximum atomic E-state index is 11.3. The lowest BCUT2D eigenvalue weighted by Crippen LogP contribution is -2.31. The predicted molar refractivity (Wildman–Crippen MR) is 79.3 cm³/mol. The topological polar surface area (TPSA) is 69.2 Å². The molecule has 1 aromatic carbocycles. The fourth-order valence-corrected chi connectivity index (χ4v) is 2.90. The SMILES string of the molecule is Cc1[nH]nc(CN2CCc3c(cccc3C(=O)O)C2)c1C. The largest absolute Gasteiger partial charge is 0.478 e. The van der Waals surface area contributed by atoms with Crippen LogP contribution in [0, 0.1) is 13.8 Å². The van der Waals surface area contributed by atoms with Gasteiger partial charge in [0.1, 0.15) is 0 Å². The first-order valence-electron chi connectivity index (χ1n) is 7.13. The van der Waals surface area contributed by atoms with E-state index in [2.05, 4.69) is 22.0 Å². The van der Waals surface area contributed by atoms with E-state index in [0.29, 0.717) is 5.56 Å². The third-order valence-corrected chi connectivity index (χ3v) is 4.30. The minimum absolute atomic E-state index is 0.443. The summed E-state index contributed by atoms with van der Waals surface area (Å²) in [5.74, 6) is -0.834. The Balaban J connectivity index is 1.80. The van der Waals surface area contributed by atoms with Crippen molar-refractivity contribution in [2.24, 2.45) is 0 Å².